The highest BCUT2D eigenvalue weighted by Crippen LogP contribution is 2.21. The summed E-state index contributed by atoms with van der Waals surface area (Å²) in [5.41, 5.74) is 10.4. The molecule has 0 atom stereocenters. The van der Waals surface area contributed by atoms with Gasteiger partial charge in [0.25, 0.3) is 0 Å². The zero-order chi connectivity index (χ0) is 28.3. The summed E-state index contributed by atoms with van der Waals surface area (Å²) in [6, 6.07) is 16.6. The van der Waals surface area contributed by atoms with Crippen LogP contribution in [0.25, 0.3) is 0 Å². The summed E-state index contributed by atoms with van der Waals surface area (Å²) in [5.74, 6) is 1.93. The third-order valence-electron chi connectivity index (χ3n) is 6.13. The van der Waals surface area contributed by atoms with Crippen LogP contribution in [0.5, 0.6) is 0 Å². The van der Waals surface area contributed by atoms with E-state index in [-0.39, 0.29) is 5.82 Å². The predicted molar refractivity (Wildman–Crippen MR) is 166 cm³/mol. The minimum Gasteiger partial charge on any atom is -0.207 e. The topological polar surface area (TPSA) is 0 Å². The van der Waals surface area contributed by atoms with Gasteiger partial charge in [0.15, 0.2) is 0 Å². The summed E-state index contributed by atoms with van der Waals surface area (Å²) >= 11 is 3.58. The molecule has 0 heterocycles. The molecule has 0 amide bonds. The highest BCUT2D eigenvalue weighted by Gasteiger charge is 2.06. The SMILES string of the molecule is Cc1cc(C)c(CC(C)C)c(C)c1.Cc1ccc(CC(C)C)c(Br)c1.Cc1ccc(CC(C)C)c(F)c1. The summed E-state index contributed by atoms with van der Waals surface area (Å²) in [4.78, 5) is 0. The Balaban J connectivity index is 0.000000278. The van der Waals surface area contributed by atoms with Gasteiger partial charge in [0.1, 0.15) is 5.82 Å². The van der Waals surface area contributed by atoms with Crippen LogP contribution < -0.4 is 0 Å². The highest BCUT2D eigenvalue weighted by molar-refractivity contribution is 9.10. The van der Waals surface area contributed by atoms with E-state index in [0.29, 0.717) is 5.92 Å². The van der Waals surface area contributed by atoms with Crippen molar-refractivity contribution in [3.63, 3.8) is 0 Å². The molecule has 0 aliphatic rings. The van der Waals surface area contributed by atoms with Crippen LogP contribution in [-0.4, -0.2) is 0 Å². The summed E-state index contributed by atoms with van der Waals surface area (Å²) < 4.78 is 14.5. The lowest BCUT2D eigenvalue weighted by Crippen LogP contribution is -2.00. The molecular formula is C35H50BrF. The van der Waals surface area contributed by atoms with Crippen molar-refractivity contribution in [3.05, 3.63) is 103 Å². The molecule has 3 aromatic rings. The molecule has 3 rings (SSSR count). The van der Waals surface area contributed by atoms with Crippen LogP contribution >= 0.6 is 15.9 Å². The molecule has 3 aromatic carbocycles. The molecule has 0 fully saturated rings. The van der Waals surface area contributed by atoms with E-state index in [1.807, 2.05) is 19.1 Å². The first-order valence-corrected chi connectivity index (χ1v) is 14.6. The molecular weight excluding hydrogens is 519 g/mol. The minimum atomic E-state index is -0.0660. The Morgan fingerprint density at radius 3 is 1.43 bits per heavy atom. The van der Waals surface area contributed by atoms with Crippen LogP contribution in [0.4, 0.5) is 4.39 Å². The molecule has 0 nitrogen and oxygen atoms in total. The van der Waals surface area contributed by atoms with E-state index in [4.69, 9.17) is 0 Å². The molecule has 0 aliphatic carbocycles. The van der Waals surface area contributed by atoms with E-state index in [9.17, 15) is 4.39 Å². The van der Waals surface area contributed by atoms with Gasteiger partial charge >= 0.3 is 0 Å². The molecule has 0 aliphatic heterocycles. The zero-order valence-electron chi connectivity index (χ0n) is 25.2. The normalized spacial score (nSPS) is 10.8. The average Bonchev–Trinajstić information content (AvgIpc) is 2.75. The lowest BCUT2D eigenvalue weighted by atomic mass is 9.93. The van der Waals surface area contributed by atoms with Crippen molar-refractivity contribution in [3.8, 4) is 0 Å². The van der Waals surface area contributed by atoms with Gasteiger partial charge in [-0.1, -0.05) is 99.4 Å². The number of aryl methyl sites for hydroxylation is 5. The molecule has 204 valence electrons. The Morgan fingerprint density at radius 1 is 0.568 bits per heavy atom. The second-order valence-electron chi connectivity index (χ2n) is 11.9. The second-order valence-corrected chi connectivity index (χ2v) is 12.7. The van der Waals surface area contributed by atoms with E-state index in [0.717, 1.165) is 35.8 Å². The molecule has 0 saturated carbocycles. The third kappa shape index (κ3) is 12.9. The van der Waals surface area contributed by atoms with Crippen molar-refractivity contribution in [1.82, 2.24) is 0 Å². The quantitative estimate of drug-likeness (QED) is 0.277. The third-order valence-corrected chi connectivity index (χ3v) is 6.86. The lowest BCUT2D eigenvalue weighted by molar-refractivity contribution is 0.573. The first-order valence-electron chi connectivity index (χ1n) is 13.8. The Bertz CT molecular complexity index is 1030. The van der Waals surface area contributed by atoms with E-state index >= 15 is 0 Å². The fraction of sp³-hybridized carbons (Fsp3) is 0.486. The van der Waals surface area contributed by atoms with Gasteiger partial charge in [0.05, 0.1) is 0 Å². The van der Waals surface area contributed by atoms with E-state index in [2.05, 4.69) is 115 Å². The van der Waals surface area contributed by atoms with Gasteiger partial charge in [-0.3, -0.25) is 0 Å². The van der Waals surface area contributed by atoms with E-state index in [1.54, 1.807) is 11.6 Å². The fourth-order valence-corrected chi connectivity index (χ4v) is 5.11. The second kappa shape index (κ2) is 16.1. The lowest BCUT2D eigenvalue weighted by Gasteiger charge is -2.13. The van der Waals surface area contributed by atoms with E-state index in [1.165, 1.54) is 38.7 Å². The van der Waals surface area contributed by atoms with Gasteiger partial charge in [0.2, 0.25) is 0 Å². The summed E-state index contributed by atoms with van der Waals surface area (Å²) in [7, 11) is 0. The van der Waals surface area contributed by atoms with Gasteiger partial charge in [0, 0.05) is 4.47 Å². The number of hydrogen-bond donors (Lipinski definition) is 0. The fourth-order valence-electron chi connectivity index (χ4n) is 4.46. The van der Waals surface area contributed by atoms with Crippen molar-refractivity contribution >= 4 is 15.9 Å². The average molecular weight is 570 g/mol. The molecule has 0 bridgehead atoms. The van der Waals surface area contributed by atoms with Crippen molar-refractivity contribution in [1.29, 1.82) is 0 Å². The van der Waals surface area contributed by atoms with Gasteiger partial charge in [-0.25, -0.2) is 4.39 Å². The standard InChI is InChI=1S/C13H20.C11H15Br.C11H15F/c1-9(2)6-13-11(4)7-10(3)8-12(13)5;2*1-8(2)6-10-5-4-9(3)7-11(10)12/h7-9H,6H2,1-5H3;2*4-5,7-8H,6H2,1-3H3. The summed E-state index contributed by atoms with van der Waals surface area (Å²) in [6.07, 6.45) is 3.19. The maximum absolute atomic E-state index is 13.2. The molecule has 2 heteroatoms. The molecule has 0 saturated heterocycles. The van der Waals surface area contributed by atoms with Gasteiger partial charge in [-0.15, -0.1) is 0 Å². The van der Waals surface area contributed by atoms with Crippen LogP contribution in [0.3, 0.4) is 0 Å². The van der Waals surface area contributed by atoms with Crippen LogP contribution in [0, 0.1) is 58.2 Å². The minimum absolute atomic E-state index is 0.0660. The Labute approximate surface area is 236 Å². The number of rotatable bonds is 6. The van der Waals surface area contributed by atoms with E-state index < -0.39 is 0 Å². The number of benzene rings is 3. The van der Waals surface area contributed by atoms with Crippen LogP contribution in [0.2, 0.25) is 0 Å². The number of halogens is 2. The van der Waals surface area contributed by atoms with Crippen molar-refractivity contribution in [2.75, 3.05) is 0 Å². The highest BCUT2D eigenvalue weighted by atomic mass is 79.9. The van der Waals surface area contributed by atoms with Crippen LogP contribution in [0.15, 0.2) is 53.0 Å². The monoisotopic (exact) mass is 568 g/mol. The molecule has 0 radical (unpaired) electrons. The number of hydrogen-bond acceptors (Lipinski definition) is 0. The smallest absolute Gasteiger partial charge is 0.126 e. The molecule has 0 spiro atoms. The van der Waals surface area contributed by atoms with Crippen molar-refractivity contribution in [2.45, 2.75) is 95.4 Å². The van der Waals surface area contributed by atoms with Crippen LogP contribution in [0.1, 0.15) is 86.1 Å². The van der Waals surface area contributed by atoms with Gasteiger partial charge in [-0.2, -0.15) is 0 Å². The molecule has 37 heavy (non-hydrogen) atoms. The zero-order valence-corrected chi connectivity index (χ0v) is 26.8. The first-order chi connectivity index (χ1) is 17.2. The largest absolute Gasteiger partial charge is 0.207 e. The Morgan fingerprint density at radius 2 is 1.00 bits per heavy atom. The summed E-state index contributed by atoms with van der Waals surface area (Å²) in [6.45, 7) is 23.9. The van der Waals surface area contributed by atoms with Crippen molar-refractivity contribution in [2.24, 2.45) is 17.8 Å². The first kappa shape index (κ1) is 33.1. The predicted octanol–water partition coefficient (Wildman–Crippen LogP) is 11.1. The maximum Gasteiger partial charge on any atom is 0.126 e. The summed E-state index contributed by atoms with van der Waals surface area (Å²) in [5, 5.41) is 0. The van der Waals surface area contributed by atoms with Gasteiger partial charge in [-0.05, 0) is 123 Å². The Kier molecular flexibility index (Phi) is 14.4. The Hall–Kier alpha value is -1.93. The van der Waals surface area contributed by atoms with Crippen molar-refractivity contribution < 1.29 is 4.39 Å². The van der Waals surface area contributed by atoms with Gasteiger partial charge < -0.3 is 0 Å². The molecule has 0 N–H and O–H groups in total. The van der Waals surface area contributed by atoms with Crippen LogP contribution in [-0.2, 0) is 19.3 Å². The molecule has 0 aromatic heterocycles. The maximum atomic E-state index is 13.2. The molecule has 0 unspecified atom stereocenters.